The molecule has 4 heteroatoms. The molecule has 0 bridgehead atoms. The van der Waals surface area contributed by atoms with Crippen molar-refractivity contribution in [3.05, 3.63) is 77.9 Å². The summed E-state index contributed by atoms with van der Waals surface area (Å²) in [6.07, 6.45) is 0. The van der Waals surface area contributed by atoms with E-state index in [0.29, 0.717) is 5.56 Å². The Hall–Kier alpha value is -3.14. The molecule has 2 unspecified atom stereocenters. The van der Waals surface area contributed by atoms with Gasteiger partial charge in [0.1, 0.15) is 6.04 Å². The van der Waals surface area contributed by atoms with Crippen LogP contribution in [0.25, 0.3) is 10.8 Å². The summed E-state index contributed by atoms with van der Waals surface area (Å²) in [5, 5.41) is 4.96. The van der Waals surface area contributed by atoms with Crippen molar-refractivity contribution < 1.29 is 9.59 Å². The van der Waals surface area contributed by atoms with Crippen LogP contribution in [0.15, 0.2) is 66.7 Å². The normalized spacial score (nSPS) is 15.2. The lowest BCUT2D eigenvalue weighted by Crippen LogP contribution is -2.47. The molecule has 2 amide bonds. The summed E-state index contributed by atoms with van der Waals surface area (Å²) in [6.45, 7) is 3.72. The van der Waals surface area contributed by atoms with Crippen molar-refractivity contribution in [2.45, 2.75) is 25.9 Å². The molecule has 0 spiro atoms. The van der Waals surface area contributed by atoms with Gasteiger partial charge in [0.2, 0.25) is 5.91 Å². The maximum absolute atomic E-state index is 12.9. The summed E-state index contributed by atoms with van der Waals surface area (Å²) in [5.74, 6) is -0.286. The topological polar surface area (TPSA) is 49.4 Å². The highest BCUT2D eigenvalue weighted by Gasteiger charge is 2.36. The number of hydrogen-bond acceptors (Lipinski definition) is 2. The molecule has 2 atom stereocenters. The summed E-state index contributed by atoms with van der Waals surface area (Å²) >= 11 is 0. The minimum absolute atomic E-state index is 0.119. The lowest BCUT2D eigenvalue weighted by molar-refractivity contribution is -0.122. The Balaban J connectivity index is 1.61. The third-order valence-corrected chi connectivity index (χ3v) is 5.02. The molecule has 0 saturated carbocycles. The Morgan fingerprint density at radius 1 is 0.923 bits per heavy atom. The number of rotatable bonds is 4. The molecule has 0 aliphatic carbocycles. The third-order valence-electron chi connectivity index (χ3n) is 5.02. The smallest absolute Gasteiger partial charge is 0.259 e. The molecule has 26 heavy (non-hydrogen) atoms. The van der Waals surface area contributed by atoms with Gasteiger partial charge in [-0.2, -0.15) is 0 Å². The number of nitrogens with one attached hydrogen (secondary N) is 1. The van der Waals surface area contributed by atoms with Gasteiger partial charge in [-0.15, -0.1) is 0 Å². The standard InChI is InChI=1S/C22H20N2O2/c1-14(16-8-4-3-5-9-16)23-21(25)15(2)24-19-13-7-11-17-10-6-12-18(20(17)19)22(24)26/h3-15H,1-2H3,(H,23,25). The van der Waals surface area contributed by atoms with Crippen LogP contribution in [-0.4, -0.2) is 17.9 Å². The fraction of sp³-hybridized carbons (Fsp3) is 0.182. The summed E-state index contributed by atoms with van der Waals surface area (Å²) in [7, 11) is 0. The van der Waals surface area contributed by atoms with Crippen molar-refractivity contribution in [1.29, 1.82) is 0 Å². The highest BCUT2D eigenvalue weighted by atomic mass is 16.2. The molecule has 3 aromatic carbocycles. The zero-order chi connectivity index (χ0) is 18.3. The quantitative estimate of drug-likeness (QED) is 0.776. The van der Waals surface area contributed by atoms with Crippen molar-refractivity contribution in [3.63, 3.8) is 0 Å². The van der Waals surface area contributed by atoms with Gasteiger partial charge < -0.3 is 5.32 Å². The van der Waals surface area contributed by atoms with Gasteiger partial charge in [-0.05, 0) is 36.9 Å². The summed E-state index contributed by atoms with van der Waals surface area (Å²) in [4.78, 5) is 27.4. The van der Waals surface area contributed by atoms with E-state index in [-0.39, 0.29) is 17.9 Å². The lowest BCUT2D eigenvalue weighted by atomic mass is 10.1. The average molecular weight is 344 g/mol. The number of nitrogens with zero attached hydrogens (tertiary/aromatic N) is 1. The molecule has 1 aliphatic rings. The van der Waals surface area contributed by atoms with Crippen molar-refractivity contribution in [1.82, 2.24) is 5.32 Å². The Labute approximate surface area is 152 Å². The van der Waals surface area contributed by atoms with Gasteiger partial charge >= 0.3 is 0 Å². The van der Waals surface area contributed by atoms with E-state index in [1.54, 1.807) is 11.8 Å². The van der Waals surface area contributed by atoms with Crippen molar-refractivity contribution >= 4 is 28.3 Å². The maximum atomic E-state index is 12.9. The third kappa shape index (κ3) is 2.54. The fourth-order valence-electron chi connectivity index (χ4n) is 3.60. The zero-order valence-electron chi connectivity index (χ0n) is 14.8. The van der Waals surface area contributed by atoms with Gasteiger partial charge in [0.05, 0.1) is 11.7 Å². The first-order chi connectivity index (χ1) is 12.6. The van der Waals surface area contributed by atoms with Crippen LogP contribution in [0.3, 0.4) is 0 Å². The molecule has 0 fully saturated rings. The highest BCUT2D eigenvalue weighted by Crippen LogP contribution is 2.38. The van der Waals surface area contributed by atoms with Gasteiger partial charge in [0, 0.05) is 10.9 Å². The van der Waals surface area contributed by atoms with Crippen LogP contribution in [0.1, 0.15) is 35.8 Å². The largest absolute Gasteiger partial charge is 0.348 e. The molecule has 1 heterocycles. The molecule has 0 aromatic heterocycles. The van der Waals surface area contributed by atoms with Crippen molar-refractivity contribution in [3.8, 4) is 0 Å². The predicted octanol–water partition coefficient (Wildman–Crippen LogP) is 4.07. The molecule has 0 saturated heterocycles. The molecule has 3 aromatic rings. The molecule has 0 radical (unpaired) electrons. The van der Waals surface area contributed by atoms with Crippen LogP contribution in [0.4, 0.5) is 5.69 Å². The monoisotopic (exact) mass is 344 g/mol. The number of hydrogen-bond donors (Lipinski definition) is 1. The van der Waals surface area contributed by atoms with E-state index >= 15 is 0 Å². The van der Waals surface area contributed by atoms with E-state index in [2.05, 4.69) is 5.32 Å². The number of anilines is 1. The predicted molar refractivity (Wildman–Crippen MR) is 103 cm³/mol. The van der Waals surface area contributed by atoms with E-state index < -0.39 is 6.04 Å². The first kappa shape index (κ1) is 16.3. The lowest BCUT2D eigenvalue weighted by Gasteiger charge is -2.26. The molecule has 1 aliphatic heterocycles. The van der Waals surface area contributed by atoms with E-state index in [9.17, 15) is 9.59 Å². The van der Waals surface area contributed by atoms with Gasteiger partial charge in [-0.1, -0.05) is 54.6 Å². The first-order valence-electron chi connectivity index (χ1n) is 8.78. The average Bonchev–Trinajstić information content (AvgIpc) is 2.96. The Bertz CT molecular complexity index is 992. The molecular weight excluding hydrogens is 324 g/mol. The molecule has 1 N–H and O–H groups in total. The highest BCUT2D eigenvalue weighted by molar-refractivity contribution is 6.26. The second kappa shape index (κ2) is 6.30. The van der Waals surface area contributed by atoms with Gasteiger partial charge in [-0.3, -0.25) is 14.5 Å². The van der Waals surface area contributed by atoms with Gasteiger partial charge in [0.15, 0.2) is 0 Å². The van der Waals surface area contributed by atoms with Crippen LogP contribution >= 0.6 is 0 Å². The second-order valence-corrected chi connectivity index (χ2v) is 6.67. The van der Waals surface area contributed by atoms with E-state index in [4.69, 9.17) is 0 Å². The van der Waals surface area contributed by atoms with Crippen molar-refractivity contribution in [2.24, 2.45) is 0 Å². The summed E-state index contributed by atoms with van der Waals surface area (Å²) in [6, 6.07) is 20.6. The van der Waals surface area contributed by atoms with Crippen LogP contribution in [0.2, 0.25) is 0 Å². The first-order valence-corrected chi connectivity index (χ1v) is 8.78. The van der Waals surface area contributed by atoms with Crippen molar-refractivity contribution in [2.75, 3.05) is 4.90 Å². The minimum Gasteiger partial charge on any atom is -0.348 e. The van der Waals surface area contributed by atoms with E-state index in [1.807, 2.05) is 73.7 Å². The number of amides is 2. The summed E-state index contributed by atoms with van der Waals surface area (Å²) < 4.78 is 0. The number of benzene rings is 3. The molecule has 4 rings (SSSR count). The molecular formula is C22H20N2O2. The van der Waals surface area contributed by atoms with E-state index in [1.165, 1.54) is 0 Å². The Morgan fingerprint density at radius 2 is 1.62 bits per heavy atom. The van der Waals surface area contributed by atoms with Crippen LogP contribution < -0.4 is 10.2 Å². The number of carbonyl (C=O) groups excluding carboxylic acids is 2. The fourth-order valence-corrected chi connectivity index (χ4v) is 3.60. The minimum atomic E-state index is -0.591. The molecule has 4 nitrogen and oxygen atoms in total. The Kier molecular flexibility index (Phi) is 3.96. The van der Waals surface area contributed by atoms with Crippen LogP contribution in [0.5, 0.6) is 0 Å². The van der Waals surface area contributed by atoms with Gasteiger partial charge in [0.25, 0.3) is 5.91 Å². The van der Waals surface area contributed by atoms with Crippen LogP contribution in [0, 0.1) is 0 Å². The molecule has 130 valence electrons. The van der Waals surface area contributed by atoms with Gasteiger partial charge in [-0.25, -0.2) is 0 Å². The Morgan fingerprint density at radius 3 is 2.35 bits per heavy atom. The zero-order valence-corrected chi connectivity index (χ0v) is 14.8. The maximum Gasteiger partial charge on any atom is 0.259 e. The summed E-state index contributed by atoms with van der Waals surface area (Å²) in [5.41, 5.74) is 2.50. The SMILES string of the molecule is CC(NC(=O)C(C)N1C(=O)c2cccc3cccc1c23)c1ccccc1. The second-order valence-electron chi connectivity index (χ2n) is 6.67. The van der Waals surface area contributed by atoms with Crippen LogP contribution in [-0.2, 0) is 4.79 Å². The number of carbonyl (C=O) groups is 2. The van der Waals surface area contributed by atoms with E-state index in [0.717, 1.165) is 22.0 Å².